The van der Waals surface area contributed by atoms with Crippen molar-refractivity contribution >= 4 is 11.6 Å². The van der Waals surface area contributed by atoms with Crippen LogP contribution in [0.1, 0.15) is 37.5 Å². The van der Waals surface area contributed by atoms with Crippen molar-refractivity contribution in [3.8, 4) is 0 Å². The van der Waals surface area contributed by atoms with E-state index in [1.807, 2.05) is 20.8 Å². The third-order valence-corrected chi connectivity index (χ3v) is 2.55. The SMILES string of the molecule is CC.CCc1c(C)ccc(C)c1Cl. The quantitative estimate of drug-likeness (QED) is 0.622. The van der Waals surface area contributed by atoms with E-state index in [0.29, 0.717) is 0 Å². The van der Waals surface area contributed by atoms with Gasteiger partial charge in [-0.05, 0) is 37.0 Å². The predicted molar refractivity (Wildman–Crippen MR) is 61.7 cm³/mol. The maximum atomic E-state index is 6.10. The summed E-state index contributed by atoms with van der Waals surface area (Å²) in [4.78, 5) is 0. The fraction of sp³-hybridized carbons (Fsp3) is 0.500. The molecule has 0 saturated carbocycles. The van der Waals surface area contributed by atoms with E-state index in [2.05, 4.69) is 26.0 Å². The number of halogens is 1. The number of hydrogen-bond acceptors (Lipinski definition) is 0. The van der Waals surface area contributed by atoms with E-state index in [4.69, 9.17) is 11.6 Å². The van der Waals surface area contributed by atoms with Crippen molar-refractivity contribution in [1.82, 2.24) is 0 Å². The molecular formula is C12H19Cl. The first-order valence-electron chi connectivity index (χ1n) is 4.91. The van der Waals surface area contributed by atoms with Crippen molar-refractivity contribution in [2.75, 3.05) is 0 Å². The summed E-state index contributed by atoms with van der Waals surface area (Å²) in [7, 11) is 0. The Balaban J connectivity index is 0.000000671. The number of aryl methyl sites for hydroxylation is 2. The average Bonchev–Trinajstić information content (AvgIpc) is 2.16. The largest absolute Gasteiger partial charge is 0.0837 e. The van der Waals surface area contributed by atoms with Crippen molar-refractivity contribution < 1.29 is 0 Å². The van der Waals surface area contributed by atoms with Gasteiger partial charge in [0.2, 0.25) is 0 Å². The molecule has 1 aromatic carbocycles. The van der Waals surface area contributed by atoms with Crippen molar-refractivity contribution in [2.45, 2.75) is 41.0 Å². The Morgan fingerprint density at radius 2 is 1.54 bits per heavy atom. The molecule has 0 aromatic heterocycles. The molecule has 1 heteroatoms. The van der Waals surface area contributed by atoms with E-state index in [1.54, 1.807) is 0 Å². The maximum absolute atomic E-state index is 6.10. The van der Waals surface area contributed by atoms with Crippen molar-refractivity contribution in [3.63, 3.8) is 0 Å². The average molecular weight is 199 g/mol. The Bertz CT molecular complexity index is 264. The molecule has 0 fully saturated rings. The minimum Gasteiger partial charge on any atom is -0.0837 e. The second-order valence-corrected chi connectivity index (χ2v) is 3.22. The molecule has 0 aliphatic rings. The molecule has 74 valence electrons. The van der Waals surface area contributed by atoms with Crippen LogP contribution in [0.2, 0.25) is 5.02 Å². The molecule has 0 spiro atoms. The van der Waals surface area contributed by atoms with Gasteiger partial charge in [0.25, 0.3) is 0 Å². The summed E-state index contributed by atoms with van der Waals surface area (Å²) in [5.41, 5.74) is 3.75. The van der Waals surface area contributed by atoms with Crippen LogP contribution in [-0.4, -0.2) is 0 Å². The molecule has 0 unspecified atom stereocenters. The van der Waals surface area contributed by atoms with Crippen LogP contribution in [0.5, 0.6) is 0 Å². The minimum atomic E-state index is 0.938. The highest BCUT2D eigenvalue weighted by molar-refractivity contribution is 6.32. The molecule has 0 heterocycles. The Morgan fingerprint density at radius 3 is 1.92 bits per heavy atom. The van der Waals surface area contributed by atoms with E-state index < -0.39 is 0 Å². The molecule has 0 aliphatic heterocycles. The first-order chi connectivity index (χ1) is 6.16. The standard InChI is InChI=1S/C10H13Cl.C2H6/c1-4-9-7(2)5-6-8(3)10(9)11;1-2/h5-6H,4H2,1-3H3;1-2H3. The lowest BCUT2D eigenvalue weighted by molar-refractivity contribution is 1.10. The zero-order valence-corrected chi connectivity index (χ0v) is 10.00. The zero-order valence-electron chi connectivity index (χ0n) is 9.24. The molecule has 0 N–H and O–H groups in total. The van der Waals surface area contributed by atoms with E-state index in [1.165, 1.54) is 16.7 Å². The second kappa shape index (κ2) is 6.04. The van der Waals surface area contributed by atoms with Gasteiger partial charge >= 0.3 is 0 Å². The van der Waals surface area contributed by atoms with Crippen LogP contribution in [0.3, 0.4) is 0 Å². The summed E-state index contributed by atoms with van der Waals surface area (Å²) in [5.74, 6) is 0. The Hall–Kier alpha value is -0.490. The first kappa shape index (κ1) is 12.5. The van der Waals surface area contributed by atoms with E-state index in [9.17, 15) is 0 Å². The summed E-state index contributed by atoms with van der Waals surface area (Å²) in [5, 5.41) is 0.938. The number of rotatable bonds is 1. The van der Waals surface area contributed by atoms with E-state index in [0.717, 1.165) is 11.4 Å². The van der Waals surface area contributed by atoms with Gasteiger partial charge in [0, 0.05) is 5.02 Å². The molecule has 0 atom stereocenters. The van der Waals surface area contributed by atoms with Gasteiger partial charge in [0.1, 0.15) is 0 Å². The zero-order chi connectivity index (χ0) is 10.4. The minimum absolute atomic E-state index is 0.938. The van der Waals surface area contributed by atoms with Crippen LogP contribution in [0.15, 0.2) is 12.1 Å². The molecule has 0 aliphatic carbocycles. The topological polar surface area (TPSA) is 0 Å². The monoisotopic (exact) mass is 198 g/mol. The second-order valence-electron chi connectivity index (χ2n) is 2.85. The summed E-state index contributed by atoms with van der Waals surface area (Å²) in [6.45, 7) is 10.3. The van der Waals surface area contributed by atoms with Crippen LogP contribution < -0.4 is 0 Å². The first-order valence-corrected chi connectivity index (χ1v) is 5.29. The predicted octanol–water partition coefficient (Wildman–Crippen LogP) is 4.55. The fourth-order valence-electron chi connectivity index (χ4n) is 1.27. The molecule has 0 radical (unpaired) electrons. The van der Waals surface area contributed by atoms with E-state index in [-0.39, 0.29) is 0 Å². The Labute approximate surface area is 86.9 Å². The highest BCUT2D eigenvalue weighted by atomic mass is 35.5. The lowest BCUT2D eigenvalue weighted by Gasteiger charge is -2.07. The van der Waals surface area contributed by atoms with Gasteiger partial charge < -0.3 is 0 Å². The molecule has 1 aromatic rings. The molecule has 0 amide bonds. The summed E-state index contributed by atoms with van der Waals surface area (Å²) in [6, 6.07) is 4.19. The van der Waals surface area contributed by atoms with E-state index >= 15 is 0 Å². The fourth-order valence-corrected chi connectivity index (χ4v) is 1.61. The van der Waals surface area contributed by atoms with Crippen LogP contribution in [0, 0.1) is 13.8 Å². The highest BCUT2D eigenvalue weighted by Crippen LogP contribution is 2.23. The lowest BCUT2D eigenvalue weighted by atomic mass is 10.0. The summed E-state index contributed by atoms with van der Waals surface area (Å²) < 4.78 is 0. The van der Waals surface area contributed by atoms with Gasteiger partial charge in [-0.3, -0.25) is 0 Å². The van der Waals surface area contributed by atoms with Crippen LogP contribution in [0.4, 0.5) is 0 Å². The normalized spacial score (nSPS) is 9.08. The van der Waals surface area contributed by atoms with Crippen LogP contribution in [0.25, 0.3) is 0 Å². The van der Waals surface area contributed by atoms with Gasteiger partial charge in [-0.25, -0.2) is 0 Å². The highest BCUT2D eigenvalue weighted by Gasteiger charge is 2.03. The molecule has 0 nitrogen and oxygen atoms in total. The van der Waals surface area contributed by atoms with Gasteiger partial charge in [-0.2, -0.15) is 0 Å². The van der Waals surface area contributed by atoms with Crippen LogP contribution >= 0.6 is 11.6 Å². The Morgan fingerprint density at radius 1 is 1.08 bits per heavy atom. The molecule has 0 bridgehead atoms. The van der Waals surface area contributed by atoms with Crippen molar-refractivity contribution in [3.05, 3.63) is 33.8 Å². The summed E-state index contributed by atoms with van der Waals surface area (Å²) >= 11 is 6.10. The van der Waals surface area contributed by atoms with Crippen molar-refractivity contribution in [2.24, 2.45) is 0 Å². The van der Waals surface area contributed by atoms with Crippen LogP contribution in [-0.2, 0) is 6.42 Å². The van der Waals surface area contributed by atoms with Gasteiger partial charge in [0.05, 0.1) is 0 Å². The maximum Gasteiger partial charge on any atom is 0.0469 e. The number of benzene rings is 1. The third kappa shape index (κ3) is 3.04. The molecule has 1 rings (SSSR count). The van der Waals surface area contributed by atoms with Gasteiger partial charge in [-0.1, -0.05) is 44.5 Å². The summed E-state index contributed by atoms with van der Waals surface area (Å²) in [6.07, 6.45) is 1.02. The Kier molecular flexibility index (Phi) is 5.81. The molecule has 13 heavy (non-hydrogen) atoms. The number of hydrogen-bond donors (Lipinski definition) is 0. The van der Waals surface area contributed by atoms with Gasteiger partial charge in [0.15, 0.2) is 0 Å². The van der Waals surface area contributed by atoms with Gasteiger partial charge in [-0.15, -0.1) is 0 Å². The smallest absolute Gasteiger partial charge is 0.0469 e. The molecule has 0 saturated heterocycles. The third-order valence-electron chi connectivity index (χ3n) is 2.02. The van der Waals surface area contributed by atoms with Crippen molar-refractivity contribution in [1.29, 1.82) is 0 Å². The molecular weight excluding hydrogens is 180 g/mol. The lowest BCUT2D eigenvalue weighted by Crippen LogP contribution is -1.89.